The predicted octanol–water partition coefficient (Wildman–Crippen LogP) is -0.0578. The van der Waals surface area contributed by atoms with Gasteiger partial charge in [0, 0.05) is 25.2 Å². The lowest BCUT2D eigenvalue weighted by Gasteiger charge is -2.33. The van der Waals surface area contributed by atoms with Crippen LogP contribution < -0.4 is 15.3 Å². The summed E-state index contributed by atoms with van der Waals surface area (Å²) in [6.45, 7) is 1.62. The molecule has 1 saturated heterocycles. The van der Waals surface area contributed by atoms with E-state index < -0.39 is 88.9 Å². The van der Waals surface area contributed by atoms with Crippen LogP contribution in [0.4, 0.5) is 13.6 Å². The first-order chi connectivity index (χ1) is 19.8. The Balaban J connectivity index is 1.62. The molecule has 2 atom stereocenters. The molecular weight excluding hydrogens is 565 g/mol. The zero-order valence-electron chi connectivity index (χ0n) is 21.8. The average Bonchev–Trinajstić information content (AvgIpc) is 2.93. The molecule has 220 valence electrons. The van der Waals surface area contributed by atoms with E-state index in [1.807, 2.05) is 0 Å². The van der Waals surface area contributed by atoms with Gasteiger partial charge in [-0.25, -0.2) is 23.2 Å². The van der Waals surface area contributed by atoms with Crippen LogP contribution in [0.5, 0.6) is 5.75 Å². The number of halogens is 2. The fourth-order valence-electron chi connectivity index (χ4n) is 4.58. The summed E-state index contributed by atoms with van der Waals surface area (Å²) in [5.74, 6) is -10.5. The van der Waals surface area contributed by atoms with E-state index in [-0.39, 0.29) is 31.6 Å². The van der Waals surface area contributed by atoms with Crippen molar-refractivity contribution >= 4 is 42.8 Å². The number of carboxylic acids is 2. The van der Waals surface area contributed by atoms with Crippen LogP contribution in [0.3, 0.4) is 0 Å². The molecule has 14 nitrogen and oxygen atoms in total. The van der Waals surface area contributed by atoms with Gasteiger partial charge in [-0.3, -0.25) is 19.3 Å². The molecule has 0 saturated carbocycles. The second-order valence-corrected chi connectivity index (χ2v) is 9.31. The van der Waals surface area contributed by atoms with E-state index in [4.69, 9.17) is 9.76 Å². The molecule has 17 heteroatoms. The standard InChI is InChI=1S/C25H23BF2N4O10/c1-2-31-7-8-32(22(35)21(31)34)25(40)30-18(13-5-3-12(23(36)37)9-15(13)28)20(33)29-16-10-11-4-6-14(27)17(24(38)39)19(11)42-26(16)41/h3-6,9,16,18,41H,2,7-8,10H2,1H3,(H,29,33)(H,30,40)(H,36,37)(H,38,39)/t16-,18?/m0/s1. The Hall–Kier alpha value is -5.06. The Morgan fingerprint density at radius 1 is 1.05 bits per heavy atom. The number of benzene rings is 2. The summed E-state index contributed by atoms with van der Waals surface area (Å²) in [5.41, 5.74) is -1.70. The number of urea groups is 1. The zero-order chi connectivity index (χ0) is 30.9. The van der Waals surface area contributed by atoms with Gasteiger partial charge in [0.2, 0.25) is 5.91 Å². The van der Waals surface area contributed by atoms with Crippen molar-refractivity contribution < 1.29 is 57.4 Å². The number of rotatable bonds is 7. The minimum Gasteiger partial charge on any atom is -0.534 e. The molecule has 2 aliphatic heterocycles. The monoisotopic (exact) mass is 588 g/mol. The second kappa shape index (κ2) is 11.8. The third kappa shape index (κ3) is 5.71. The van der Waals surface area contributed by atoms with Gasteiger partial charge in [-0.2, -0.15) is 0 Å². The fourth-order valence-corrected chi connectivity index (χ4v) is 4.58. The van der Waals surface area contributed by atoms with Crippen LogP contribution in [-0.2, 0) is 20.8 Å². The summed E-state index contributed by atoms with van der Waals surface area (Å²) in [4.78, 5) is 75.7. The van der Waals surface area contributed by atoms with Gasteiger partial charge < -0.3 is 35.4 Å². The molecule has 1 fully saturated rings. The first-order valence-electron chi connectivity index (χ1n) is 12.5. The Morgan fingerprint density at radius 2 is 1.76 bits per heavy atom. The number of likely N-dealkylation sites (N-methyl/N-ethyl adjacent to an activating group) is 1. The molecule has 2 heterocycles. The number of carbonyl (C=O) groups excluding carboxylic acids is 4. The summed E-state index contributed by atoms with van der Waals surface area (Å²) in [6, 6.07) is 1.41. The number of nitrogens with zero attached hydrogens (tertiary/aromatic N) is 2. The maximum Gasteiger partial charge on any atom is 0.547 e. The zero-order valence-corrected chi connectivity index (χ0v) is 21.8. The van der Waals surface area contributed by atoms with Crippen molar-refractivity contribution in [1.82, 2.24) is 20.4 Å². The molecule has 4 rings (SSSR count). The molecule has 0 aromatic heterocycles. The normalized spacial score (nSPS) is 17.2. The van der Waals surface area contributed by atoms with E-state index in [9.17, 15) is 43.3 Å². The molecule has 42 heavy (non-hydrogen) atoms. The maximum absolute atomic E-state index is 15.1. The number of nitrogens with one attached hydrogen (secondary N) is 2. The smallest absolute Gasteiger partial charge is 0.534 e. The Bertz CT molecular complexity index is 1510. The first-order valence-corrected chi connectivity index (χ1v) is 12.5. The highest BCUT2D eigenvalue weighted by Crippen LogP contribution is 2.32. The van der Waals surface area contributed by atoms with E-state index in [0.29, 0.717) is 11.0 Å². The number of hydrogen-bond donors (Lipinski definition) is 5. The third-order valence-electron chi connectivity index (χ3n) is 6.78. The number of amides is 5. The minimum atomic E-state index is -1.91. The summed E-state index contributed by atoms with van der Waals surface area (Å²) >= 11 is 0. The van der Waals surface area contributed by atoms with E-state index in [1.54, 1.807) is 6.92 Å². The van der Waals surface area contributed by atoms with Crippen LogP contribution in [0.15, 0.2) is 30.3 Å². The number of carbonyl (C=O) groups is 6. The highest BCUT2D eigenvalue weighted by molar-refractivity contribution is 6.47. The molecule has 2 aromatic carbocycles. The minimum absolute atomic E-state index is 0.0109. The van der Waals surface area contributed by atoms with Gasteiger partial charge >= 0.3 is 36.9 Å². The van der Waals surface area contributed by atoms with Crippen molar-refractivity contribution in [2.24, 2.45) is 0 Å². The molecular formula is C25H23BF2N4O10. The van der Waals surface area contributed by atoms with Crippen LogP contribution in [0, 0.1) is 11.6 Å². The number of piperazine rings is 1. The largest absolute Gasteiger partial charge is 0.547 e. The molecule has 5 N–H and O–H groups in total. The average molecular weight is 588 g/mol. The number of aromatic carboxylic acids is 2. The highest BCUT2D eigenvalue weighted by Gasteiger charge is 2.42. The molecule has 2 aliphatic rings. The lowest BCUT2D eigenvalue weighted by atomic mass is 9.72. The molecule has 0 radical (unpaired) electrons. The van der Waals surface area contributed by atoms with Crippen LogP contribution in [0.2, 0.25) is 0 Å². The fraction of sp³-hybridized carbons (Fsp3) is 0.280. The van der Waals surface area contributed by atoms with Gasteiger partial charge in [-0.15, -0.1) is 0 Å². The lowest BCUT2D eigenvalue weighted by Crippen LogP contribution is -2.60. The van der Waals surface area contributed by atoms with Crippen LogP contribution in [0.25, 0.3) is 0 Å². The molecule has 1 unspecified atom stereocenters. The molecule has 2 aromatic rings. The summed E-state index contributed by atoms with van der Waals surface area (Å²) in [5, 5.41) is 33.5. The van der Waals surface area contributed by atoms with Crippen LogP contribution >= 0.6 is 0 Å². The Kier molecular flexibility index (Phi) is 8.42. The molecule has 5 amide bonds. The Morgan fingerprint density at radius 3 is 2.38 bits per heavy atom. The van der Waals surface area contributed by atoms with Crippen molar-refractivity contribution in [2.45, 2.75) is 25.3 Å². The summed E-state index contributed by atoms with van der Waals surface area (Å²) in [7, 11) is -1.90. The molecule has 0 bridgehead atoms. The maximum atomic E-state index is 15.1. The summed E-state index contributed by atoms with van der Waals surface area (Å²) in [6.07, 6.45) is -0.268. The van der Waals surface area contributed by atoms with Crippen LogP contribution in [-0.4, -0.2) is 93.4 Å². The van der Waals surface area contributed by atoms with Crippen molar-refractivity contribution in [3.05, 3.63) is 64.2 Å². The lowest BCUT2D eigenvalue weighted by molar-refractivity contribution is -0.153. The van der Waals surface area contributed by atoms with E-state index in [1.165, 1.54) is 11.0 Å². The van der Waals surface area contributed by atoms with Crippen molar-refractivity contribution in [1.29, 1.82) is 0 Å². The number of carboxylic acid groups (broad SMARTS) is 2. The van der Waals surface area contributed by atoms with Gasteiger partial charge in [-0.05, 0) is 37.1 Å². The highest BCUT2D eigenvalue weighted by atomic mass is 19.1. The topological polar surface area (TPSA) is 203 Å². The van der Waals surface area contributed by atoms with Crippen molar-refractivity contribution in [3.8, 4) is 5.75 Å². The van der Waals surface area contributed by atoms with E-state index >= 15 is 4.39 Å². The van der Waals surface area contributed by atoms with E-state index in [0.717, 1.165) is 18.2 Å². The van der Waals surface area contributed by atoms with Gasteiger partial charge in [0.05, 0.1) is 11.5 Å². The van der Waals surface area contributed by atoms with Gasteiger partial charge in [-0.1, -0.05) is 12.1 Å². The predicted molar refractivity (Wildman–Crippen MR) is 136 cm³/mol. The van der Waals surface area contributed by atoms with Crippen LogP contribution in [0.1, 0.15) is 44.8 Å². The van der Waals surface area contributed by atoms with Gasteiger partial charge in [0.15, 0.2) is 0 Å². The number of fused-ring (bicyclic) bond motifs is 1. The van der Waals surface area contributed by atoms with Crippen molar-refractivity contribution in [2.75, 3.05) is 19.6 Å². The third-order valence-corrected chi connectivity index (χ3v) is 6.78. The molecule has 0 spiro atoms. The van der Waals surface area contributed by atoms with Gasteiger partial charge in [0.25, 0.3) is 0 Å². The number of imide groups is 1. The first kappa shape index (κ1) is 29.9. The summed E-state index contributed by atoms with van der Waals surface area (Å²) < 4.78 is 34.3. The quantitative estimate of drug-likeness (QED) is 0.215. The van der Waals surface area contributed by atoms with Gasteiger partial charge in [0.1, 0.15) is 29.0 Å². The number of hydrogen-bond acceptors (Lipinski definition) is 8. The van der Waals surface area contributed by atoms with Crippen molar-refractivity contribution in [3.63, 3.8) is 0 Å². The second-order valence-electron chi connectivity index (χ2n) is 9.31. The Labute approximate surface area is 236 Å². The molecule has 0 aliphatic carbocycles. The SMILES string of the molecule is CCN1CCN(C(=O)NC(C(=O)N[C@H]2Cc3ccc(F)c(C(=O)O)c3OB2O)c2ccc(C(=O)O)cc2F)C(=O)C1=O. The van der Waals surface area contributed by atoms with E-state index in [2.05, 4.69) is 10.6 Å².